The molecule has 0 bridgehead atoms. The van der Waals surface area contributed by atoms with Crippen molar-refractivity contribution in [2.75, 3.05) is 12.3 Å². The summed E-state index contributed by atoms with van der Waals surface area (Å²) in [5.41, 5.74) is 6.49. The molecule has 5 atom stereocenters. The Hall–Kier alpha value is -1.62. The highest BCUT2D eigenvalue weighted by Crippen LogP contribution is 2.58. The van der Waals surface area contributed by atoms with Crippen molar-refractivity contribution in [3.63, 3.8) is 0 Å². The molecular formula is C10H12N5O6P. The number of fused-ring (bicyclic) bond motifs is 2. The van der Waals surface area contributed by atoms with Crippen LogP contribution in [-0.4, -0.2) is 54.4 Å². The van der Waals surface area contributed by atoms with Crippen LogP contribution in [-0.2, 0) is 18.3 Å². The number of rotatable bonds is 2. The molecular weight excluding hydrogens is 317 g/mol. The summed E-state index contributed by atoms with van der Waals surface area (Å²) >= 11 is 0. The summed E-state index contributed by atoms with van der Waals surface area (Å²) < 4.78 is 28.8. The Labute approximate surface area is 123 Å². The monoisotopic (exact) mass is 329 g/mol. The van der Waals surface area contributed by atoms with Crippen molar-refractivity contribution in [1.82, 2.24) is 19.5 Å². The smallest absolute Gasteiger partial charge is 0.394 e. The van der Waals surface area contributed by atoms with Crippen LogP contribution < -0.4 is 5.73 Å². The summed E-state index contributed by atoms with van der Waals surface area (Å²) in [4.78, 5) is 21.5. The molecule has 0 spiro atoms. The fourth-order valence-corrected chi connectivity index (χ4v) is 3.85. The molecule has 1 unspecified atom stereocenters. The van der Waals surface area contributed by atoms with E-state index >= 15 is 0 Å². The number of aromatic nitrogens is 4. The van der Waals surface area contributed by atoms with Crippen LogP contribution >= 0.6 is 7.82 Å². The molecule has 4 rings (SSSR count). The Bertz CT molecular complexity index is 782. The first-order valence-corrected chi connectivity index (χ1v) is 7.88. The minimum absolute atomic E-state index is 0.202. The zero-order valence-corrected chi connectivity index (χ0v) is 11.9. The van der Waals surface area contributed by atoms with Gasteiger partial charge in [0.15, 0.2) is 17.7 Å². The normalized spacial score (nSPS) is 37.7. The lowest BCUT2D eigenvalue weighted by molar-refractivity contribution is -0.0589. The average Bonchev–Trinajstić information content (AvgIpc) is 3.10. The third-order valence-electron chi connectivity index (χ3n) is 3.64. The first-order chi connectivity index (χ1) is 10.5. The van der Waals surface area contributed by atoms with Gasteiger partial charge < -0.3 is 20.5 Å². The topological polar surface area (TPSA) is 155 Å². The number of nitrogen functional groups attached to an aromatic ring is 1. The first kappa shape index (κ1) is 14.0. The van der Waals surface area contributed by atoms with Crippen LogP contribution in [0.3, 0.4) is 0 Å². The van der Waals surface area contributed by atoms with E-state index in [0.29, 0.717) is 11.2 Å². The standard InChI is InChI=1S/C10H12N5O6P/c11-8-5-9(13-2-12-8)15(3-14-5)10-7-6(4(1-16)19-10)20-22(17,18)21-7/h2-4,6-7,10,16H,1H2,(H,17,18)(H2,11,12,13)/t4-,6-,7-,10+/m0/s1. The van der Waals surface area contributed by atoms with E-state index in [1.54, 1.807) is 0 Å². The SMILES string of the molecule is Nc1ncnc2c1ncn2[C@@H]1O[C@@H](CO)[C@@H]2OP(=O)(O)O[C@@H]21. The molecule has 4 N–H and O–H groups in total. The maximum Gasteiger partial charge on any atom is 0.473 e. The summed E-state index contributed by atoms with van der Waals surface area (Å²) in [6, 6.07) is 0. The first-order valence-electron chi connectivity index (χ1n) is 6.39. The quantitative estimate of drug-likeness (QED) is 0.595. The van der Waals surface area contributed by atoms with Crippen molar-refractivity contribution in [2.24, 2.45) is 0 Å². The van der Waals surface area contributed by atoms with Crippen molar-refractivity contribution in [2.45, 2.75) is 24.5 Å². The van der Waals surface area contributed by atoms with Crippen LogP contribution in [0, 0.1) is 0 Å². The highest BCUT2D eigenvalue weighted by atomic mass is 31.2. The van der Waals surface area contributed by atoms with Crippen molar-refractivity contribution >= 4 is 24.8 Å². The second kappa shape index (κ2) is 4.69. The van der Waals surface area contributed by atoms with Gasteiger partial charge in [0.05, 0.1) is 12.9 Å². The Morgan fingerprint density at radius 2 is 2.09 bits per heavy atom. The molecule has 11 nitrogen and oxygen atoms in total. The molecule has 2 aromatic rings. The van der Waals surface area contributed by atoms with Crippen molar-refractivity contribution in [3.05, 3.63) is 12.7 Å². The van der Waals surface area contributed by atoms with Crippen molar-refractivity contribution < 1.29 is 28.3 Å². The highest BCUT2D eigenvalue weighted by molar-refractivity contribution is 7.47. The Morgan fingerprint density at radius 1 is 1.32 bits per heavy atom. The molecule has 0 saturated carbocycles. The van der Waals surface area contributed by atoms with Crippen LogP contribution in [0.4, 0.5) is 5.82 Å². The number of aliphatic hydroxyl groups excluding tert-OH is 1. The van der Waals surface area contributed by atoms with Gasteiger partial charge in [-0.05, 0) is 0 Å². The Kier molecular flexibility index (Phi) is 2.98. The van der Waals surface area contributed by atoms with Crippen molar-refractivity contribution in [1.29, 1.82) is 0 Å². The molecule has 22 heavy (non-hydrogen) atoms. The molecule has 2 aromatic heterocycles. The second-order valence-electron chi connectivity index (χ2n) is 4.94. The van der Waals surface area contributed by atoms with Gasteiger partial charge in [-0.25, -0.2) is 19.5 Å². The molecule has 0 radical (unpaired) electrons. The summed E-state index contributed by atoms with van der Waals surface area (Å²) in [5, 5.41) is 9.35. The number of hydrogen-bond acceptors (Lipinski definition) is 9. The number of nitrogens with two attached hydrogens (primary N) is 1. The minimum Gasteiger partial charge on any atom is -0.394 e. The third-order valence-corrected chi connectivity index (χ3v) is 4.66. The zero-order chi connectivity index (χ0) is 15.5. The average molecular weight is 329 g/mol. The van der Waals surface area contributed by atoms with Gasteiger partial charge in [0.2, 0.25) is 0 Å². The molecule has 0 amide bonds. The molecule has 118 valence electrons. The van der Waals surface area contributed by atoms with Gasteiger partial charge in [0, 0.05) is 0 Å². The molecule has 2 saturated heterocycles. The van der Waals surface area contributed by atoms with Crippen LogP contribution in [0.1, 0.15) is 6.23 Å². The number of hydrogen-bond donors (Lipinski definition) is 3. The number of phosphoric acid groups is 1. The number of anilines is 1. The molecule has 12 heteroatoms. The summed E-state index contributed by atoms with van der Waals surface area (Å²) in [6.07, 6.45) is -0.668. The van der Waals surface area contributed by atoms with E-state index in [9.17, 15) is 14.6 Å². The highest BCUT2D eigenvalue weighted by Gasteiger charge is 2.57. The Morgan fingerprint density at radius 3 is 2.86 bits per heavy atom. The third kappa shape index (κ3) is 1.95. The van der Waals surface area contributed by atoms with E-state index < -0.39 is 32.4 Å². The second-order valence-corrected chi connectivity index (χ2v) is 6.30. The summed E-state index contributed by atoms with van der Waals surface area (Å²) in [7, 11) is -4.16. The lowest BCUT2D eigenvalue weighted by Gasteiger charge is -2.18. The largest absolute Gasteiger partial charge is 0.473 e. The van der Waals surface area contributed by atoms with Gasteiger partial charge in [-0.2, -0.15) is 0 Å². The molecule has 2 aliphatic rings. The van der Waals surface area contributed by atoms with Gasteiger partial charge in [0.1, 0.15) is 30.2 Å². The van der Waals surface area contributed by atoms with Crippen LogP contribution in [0.15, 0.2) is 12.7 Å². The molecule has 4 heterocycles. The maximum atomic E-state index is 11.6. The predicted molar refractivity (Wildman–Crippen MR) is 70.3 cm³/mol. The van der Waals surface area contributed by atoms with Crippen LogP contribution in [0.5, 0.6) is 0 Å². The van der Waals surface area contributed by atoms with Gasteiger partial charge in [-0.15, -0.1) is 0 Å². The lowest BCUT2D eigenvalue weighted by atomic mass is 10.1. The maximum absolute atomic E-state index is 11.6. The van der Waals surface area contributed by atoms with Crippen LogP contribution in [0.2, 0.25) is 0 Å². The van der Waals surface area contributed by atoms with E-state index in [2.05, 4.69) is 15.0 Å². The van der Waals surface area contributed by atoms with E-state index in [1.807, 2.05) is 0 Å². The molecule has 0 aromatic carbocycles. The van der Waals surface area contributed by atoms with E-state index in [-0.39, 0.29) is 12.4 Å². The van der Waals surface area contributed by atoms with Crippen LogP contribution in [0.25, 0.3) is 11.2 Å². The van der Waals surface area contributed by atoms with E-state index in [0.717, 1.165) is 0 Å². The number of imidazole rings is 1. The number of phosphoric ester groups is 1. The van der Waals surface area contributed by atoms with E-state index in [1.165, 1.54) is 17.2 Å². The predicted octanol–water partition coefficient (Wildman–Crippen LogP) is -0.817. The number of nitrogens with zero attached hydrogens (tertiary/aromatic N) is 4. The fraction of sp³-hybridized carbons (Fsp3) is 0.500. The molecule has 0 aliphatic carbocycles. The summed E-state index contributed by atoms with van der Waals surface area (Å²) in [5.74, 6) is 0.202. The molecule has 2 fully saturated rings. The minimum atomic E-state index is -4.16. The molecule has 2 aliphatic heterocycles. The fourth-order valence-electron chi connectivity index (χ4n) is 2.71. The summed E-state index contributed by atoms with van der Waals surface area (Å²) in [6.45, 7) is -0.384. The van der Waals surface area contributed by atoms with Crippen molar-refractivity contribution in [3.8, 4) is 0 Å². The Balaban J connectivity index is 1.78. The van der Waals surface area contributed by atoms with E-state index in [4.69, 9.17) is 19.5 Å². The number of aliphatic hydroxyl groups is 1. The van der Waals surface area contributed by atoms with Gasteiger partial charge in [0.25, 0.3) is 0 Å². The lowest BCUT2D eigenvalue weighted by Crippen LogP contribution is -2.30. The van der Waals surface area contributed by atoms with Gasteiger partial charge in [-0.3, -0.25) is 13.6 Å². The zero-order valence-electron chi connectivity index (χ0n) is 11.0. The van der Waals surface area contributed by atoms with Gasteiger partial charge in [-0.1, -0.05) is 0 Å². The number of ether oxygens (including phenoxy) is 1. The van der Waals surface area contributed by atoms with Gasteiger partial charge >= 0.3 is 7.82 Å².